The highest BCUT2D eigenvalue weighted by Crippen LogP contribution is 2.39. The van der Waals surface area contributed by atoms with E-state index in [-0.39, 0.29) is 17.6 Å². The number of rotatable bonds is 6. The molecule has 0 amide bonds. The molecule has 0 aliphatic carbocycles. The number of halogens is 3. The molecule has 1 unspecified atom stereocenters. The van der Waals surface area contributed by atoms with E-state index in [0.29, 0.717) is 5.56 Å². The number of ether oxygens (including phenoxy) is 1. The van der Waals surface area contributed by atoms with Crippen LogP contribution in [0.1, 0.15) is 29.8 Å². The Morgan fingerprint density at radius 3 is 2.71 bits per heavy atom. The first kappa shape index (κ1) is 16.9. The quantitative estimate of drug-likeness (QED) is 0.644. The van der Waals surface area contributed by atoms with Crippen LogP contribution in [0.3, 0.4) is 0 Å². The van der Waals surface area contributed by atoms with Gasteiger partial charge in [0.2, 0.25) is 0 Å². The van der Waals surface area contributed by atoms with Gasteiger partial charge in [-0.15, -0.1) is 11.3 Å². The van der Waals surface area contributed by atoms with E-state index in [1.807, 2.05) is 12.1 Å². The monoisotopic (exact) mass is 435 g/mol. The zero-order valence-electron chi connectivity index (χ0n) is 11.8. The van der Waals surface area contributed by atoms with Crippen LogP contribution in [0.2, 0.25) is 0 Å². The minimum atomic E-state index is -0.311. The molecule has 1 N–H and O–H groups in total. The summed E-state index contributed by atoms with van der Waals surface area (Å²) in [5.41, 5.74) is 0.601. The second-order valence-corrected chi connectivity index (χ2v) is 7.78. The molecule has 2 aromatic rings. The van der Waals surface area contributed by atoms with E-state index in [2.05, 4.69) is 44.1 Å². The van der Waals surface area contributed by atoms with Gasteiger partial charge in [0, 0.05) is 14.9 Å². The molecule has 0 aliphatic heterocycles. The Bertz CT molecular complexity index is 598. The Labute approximate surface area is 145 Å². The van der Waals surface area contributed by atoms with Gasteiger partial charge in [0.25, 0.3) is 0 Å². The zero-order valence-corrected chi connectivity index (χ0v) is 15.7. The van der Waals surface area contributed by atoms with Crippen molar-refractivity contribution in [3.05, 3.63) is 48.8 Å². The summed E-state index contributed by atoms with van der Waals surface area (Å²) in [7, 11) is 1.48. The van der Waals surface area contributed by atoms with Crippen LogP contribution in [0.25, 0.3) is 0 Å². The van der Waals surface area contributed by atoms with Crippen LogP contribution < -0.4 is 10.1 Å². The Morgan fingerprint density at radius 1 is 1.38 bits per heavy atom. The number of hydrogen-bond acceptors (Lipinski definition) is 3. The van der Waals surface area contributed by atoms with Gasteiger partial charge in [-0.05, 0) is 57.0 Å². The van der Waals surface area contributed by atoms with Crippen LogP contribution in [0.5, 0.6) is 5.75 Å². The summed E-state index contributed by atoms with van der Waals surface area (Å²) in [6.07, 6.45) is 0.982. The molecule has 114 valence electrons. The van der Waals surface area contributed by atoms with Crippen molar-refractivity contribution < 1.29 is 9.13 Å². The van der Waals surface area contributed by atoms with Gasteiger partial charge in [-0.25, -0.2) is 4.39 Å². The van der Waals surface area contributed by atoms with Gasteiger partial charge in [0.15, 0.2) is 11.6 Å². The summed E-state index contributed by atoms with van der Waals surface area (Å²) in [6, 6.07) is 7.08. The molecular weight excluding hydrogens is 421 g/mol. The fourth-order valence-electron chi connectivity index (χ4n) is 2.07. The predicted molar refractivity (Wildman–Crippen MR) is 92.8 cm³/mol. The summed E-state index contributed by atoms with van der Waals surface area (Å²) in [5.74, 6) is -0.0419. The minimum Gasteiger partial charge on any atom is -0.494 e. The lowest BCUT2D eigenvalue weighted by molar-refractivity contribution is 0.381. The van der Waals surface area contributed by atoms with Crippen molar-refractivity contribution in [1.29, 1.82) is 0 Å². The molecule has 21 heavy (non-hydrogen) atoms. The first-order chi connectivity index (χ1) is 10.1. The van der Waals surface area contributed by atoms with Crippen molar-refractivity contribution in [1.82, 2.24) is 5.32 Å². The lowest BCUT2D eigenvalue weighted by Gasteiger charge is -2.19. The Morgan fingerprint density at radius 2 is 2.14 bits per heavy atom. The molecule has 1 aromatic heterocycles. The van der Waals surface area contributed by atoms with E-state index in [9.17, 15) is 4.39 Å². The van der Waals surface area contributed by atoms with E-state index in [4.69, 9.17) is 4.74 Å². The molecule has 2 rings (SSSR count). The van der Waals surface area contributed by atoms with Crippen LogP contribution in [0.4, 0.5) is 4.39 Å². The molecule has 2 nitrogen and oxygen atoms in total. The second-order valence-electron chi connectivity index (χ2n) is 4.52. The maximum atomic E-state index is 14.6. The highest BCUT2D eigenvalue weighted by atomic mass is 79.9. The number of thiophene rings is 1. The van der Waals surface area contributed by atoms with Crippen LogP contribution >= 0.6 is 43.2 Å². The molecule has 0 aliphatic rings. The van der Waals surface area contributed by atoms with Crippen molar-refractivity contribution in [2.24, 2.45) is 0 Å². The van der Waals surface area contributed by atoms with Gasteiger partial charge in [0.05, 0.1) is 16.9 Å². The third kappa shape index (κ3) is 3.86. The molecule has 0 bridgehead atoms. The molecule has 1 atom stereocenters. The van der Waals surface area contributed by atoms with E-state index in [0.717, 1.165) is 26.1 Å². The predicted octanol–water partition coefficient (Wildman–Crippen LogP) is 5.51. The van der Waals surface area contributed by atoms with Crippen LogP contribution in [-0.2, 0) is 0 Å². The summed E-state index contributed by atoms with van der Waals surface area (Å²) in [6.45, 7) is 2.90. The summed E-state index contributed by atoms with van der Waals surface area (Å²) < 4.78 is 21.6. The van der Waals surface area contributed by atoms with Crippen molar-refractivity contribution in [2.75, 3.05) is 13.7 Å². The number of benzene rings is 1. The topological polar surface area (TPSA) is 21.3 Å². The largest absolute Gasteiger partial charge is 0.494 e. The Balaban J connectivity index is 2.45. The lowest BCUT2D eigenvalue weighted by atomic mass is 10.0. The van der Waals surface area contributed by atoms with Gasteiger partial charge in [0.1, 0.15) is 0 Å². The first-order valence-electron chi connectivity index (χ1n) is 6.59. The molecule has 0 spiro atoms. The lowest BCUT2D eigenvalue weighted by Crippen LogP contribution is -2.23. The molecule has 6 heteroatoms. The van der Waals surface area contributed by atoms with Gasteiger partial charge in [-0.1, -0.05) is 19.1 Å². The summed E-state index contributed by atoms with van der Waals surface area (Å²) in [4.78, 5) is 1.05. The van der Waals surface area contributed by atoms with Crippen molar-refractivity contribution in [3.63, 3.8) is 0 Å². The van der Waals surface area contributed by atoms with Crippen molar-refractivity contribution in [3.8, 4) is 5.75 Å². The normalized spacial score (nSPS) is 12.4. The van der Waals surface area contributed by atoms with Gasteiger partial charge in [-0.2, -0.15) is 0 Å². The third-order valence-electron chi connectivity index (χ3n) is 3.07. The summed E-state index contributed by atoms with van der Waals surface area (Å²) in [5, 5.41) is 3.41. The molecule has 0 saturated carbocycles. The molecular formula is C15H16Br2FNOS. The maximum Gasteiger partial charge on any atom is 0.170 e. The minimum absolute atomic E-state index is 0.187. The number of nitrogens with one attached hydrogen (secondary N) is 1. The van der Waals surface area contributed by atoms with E-state index in [1.54, 1.807) is 23.5 Å². The SMILES string of the molecule is CCCNC(c1cc(Br)c(Br)s1)c1cccc(OC)c1F. The zero-order chi connectivity index (χ0) is 15.4. The number of methoxy groups -OCH3 is 1. The Hall–Kier alpha value is -0.430. The smallest absolute Gasteiger partial charge is 0.170 e. The molecule has 0 radical (unpaired) electrons. The Kier molecular flexibility index (Phi) is 6.22. The molecule has 1 aromatic carbocycles. The van der Waals surface area contributed by atoms with Gasteiger partial charge < -0.3 is 10.1 Å². The van der Waals surface area contributed by atoms with Crippen LogP contribution in [0.15, 0.2) is 32.5 Å². The number of hydrogen-bond donors (Lipinski definition) is 1. The second kappa shape index (κ2) is 7.72. The standard InChI is InChI=1S/C15H16Br2FNOS/c1-3-7-19-14(12-8-10(16)15(17)21-12)9-5-4-6-11(20-2)13(9)18/h4-6,8,14,19H,3,7H2,1-2H3. The van der Waals surface area contributed by atoms with E-state index in [1.165, 1.54) is 7.11 Å². The molecule has 0 fully saturated rings. The van der Waals surface area contributed by atoms with E-state index < -0.39 is 0 Å². The van der Waals surface area contributed by atoms with Crippen molar-refractivity contribution in [2.45, 2.75) is 19.4 Å². The molecule has 1 heterocycles. The summed E-state index contributed by atoms with van der Waals surface area (Å²) >= 11 is 8.58. The third-order valence-corrected chi connectivity index (χ3v) is 6.39. The van der Waals surface area contributed by atoms with Crippen molar-refractivity contribution >= 4 is 43.2 Å². The van der Waals surface area contributed by atoms with E-state index >= 15 is 0 Å². The fourth-order valence-corrected chi connectivity index (χ4v) is 4.25. The van der Waals surface area contributed by atoms with Gasteiger partial charge >= 0.3 is 0 Å². The maximum absolute atomic E-state index is 14.6. The highest BCUT2D eigenvalue weighted by Gasteiger charge is 2.22. The average Bonchev–Trinajstić information content (AvgIpc) is 2.80. The fraction of sp³-hybridized carbons (Fsp3) is 0.333. The molecule has 0 saturated heterocycles. The van der Waals surface area contributed by atoms with Crippen LogP contribution in [-0.4, -0.2) is 13.7 Å². The average molecular weight is 437 g/mol. The van der Waals surface area contributed by atoms with Crippen LogP contribution in [0, 0.1) is 5.82 Å². The van der Waals surface area contributed by atoms with Gasteiger partial charge in [-0.3, -0.25) is 0 Å². The first-order valence-corrected chi connectivity index (χ1v) is 8.99. The highest BCUT2D eigenvalue weighted by molar-refractivity contribution is 9.13.